The summed E-state index contributed by atoms with van der Waals surface area (Å²) in [6, 6.07) is 3.45. The van der Waals surface area contributed by atoms with Crippen molar-refractivity contribution in [3.63, 3.8) is 0 Å². The zero-order valence-corrected chi connectivity index (χ0v) is 13.8. The maximum atomic E-state index is 12.4. The van der Waals surface area contributed by atoms with Crippen molar-refractivity contribution < 1.29 is 23.0 Å². The number of alkyl halides is 3. The lowest BCUT2D eigenvalue weighted by Gasteiger charge is -2.32. The average Bonchev–Trinajstić information content (AvgIpc) is 3.23. The Hall–Kier alpha value is -2.06. The third kappa shape index (κ3) is 3.96. The zero-order chi connectivity index (χ0) is 18.2. The lowest BCUT2D eigenvalue weighted by atomic mass is 9.84. The van der Waals surface area contributed by atoms with Crippen molar-refractivity contribution in [3.8, 4) is 5.75 Å². The maximum absolute atomic E-state index is 12.4. The molecule has 0 aliphatic heterocycles. The molecule has 134 valence electrons. The van der Waals surface area contributed by atoms with Gasteiger partial charge in [-0.05, 0) is 36.5 Å². The quantitative estimate of drug-likeness (QED) is 0.785. The first-order valence-corrected chi connectivity index (χ1v) is 7.87. The molecule has 3 rings (SSSR count). The monoisotopic (exact) mass is 373 g/mol. The second-order valence-electron chi connectivity index (χ2n) is 5.94. The van der Waals surface area contributed by atoms with Gasteiger partial charge in [-0.2, -0.15) is 5.10 Å². The second-order valence-corrected chi connectivity index (χ2v) is 6.35. The topological polar surface area (TPSA) is 60.2 Å². The molecule has 1 fully saturated rings. The van der Waals surface area contributed by atoms with Gasteiger partial charge in [-0.1, -0.05) is 24.2 Å². The fourth-order valence-corrected chi connectivity index (χ4v) is 3.03. The van der Waals surface area contributed by atoms with Crippen LogP contribution in [0.3, 0.4) is 0 Å². The molecule has 9 heteroatoms. The highest BCUT2D eigenvalue weighted by Gasteiger charge is 2.42. The van der Waals surface area contributed by atoms with Crippen LogP contribution in [0.15, 0.2) is 43.0 Å². The van der Waals surface area contributed by atoms with E-state index in [0.717, 1.165) is 25.0 Å². The number of benzene rings is 1. The highest BCUT2D eigenvalue weighted by Crippen LogP contribution is 2.47. The molecule has 0 saturated heterocycles. The number of hydrogen-bond donors (Lipinski definition) is 1. The summed E-state index contributed by atoms with van der Waals surface area (Å²) in [5.41, 5.74) is -0.784. The molecule has 1 aromatic carbocycles. The Bertz CT molecular complexity index is 775. The van der Waals surface area contributed by atoms with Gasteiger partial charge in [0.15, 0.2) is 0 Å². The summed E-state index contributed by atoms with van der Waals surface area (Å²) in [5, 5.41) is 15.2. The largest absolute Gasteiger partial charge is 0.573 e. The van der Waals surface area contributed by atoms with E-state index < -0.39 is 17.7 Å². The fraction of sp³-hybridized carbons (Fsp3) is 0.375. The Morgan fingerprint density at radius 2 is 2.12 bits per heavy atom. The lowest BCUT2D eigenvalue weighted by molar-refractivity contribution is -0.274. The van der Waals surface area contributed by atoms with Crippen LogP contribution >= 0.6 is 11.6 Å². The summed E-state index contributed by atoms with van der Waals surface area (Å²) in [4.78, 5) is 3.83. The first kappa shape index (κ1) is 17.8. The Balaban J connectivity index is 1.96. The third-order valence-corrected chi connectivity index (χ3v) is 4.39. The van der Waals surface area contributed by atoms with E-state index in [0.29, 0.717) is 5.57 Å². The summed E-state index contributed by atoms with van der Waals surface area (Å²) in [6.45, 7) is 3.99. The van der Waals surface area contributed by atoms with Gasteiger partial charge in [0.25, 0.3) is 0 Å². The highest BCUT2D eigenvalue weighted by molar-refractivity contribution is 6.31. The minimum absolute atomic E-state index is 0.00152. The lowest BCUT2D eigenvalue weighted by Crippen LogP contribution is -2.35. The molecule has 5 nitrogen and oxygen atoms in total. The third-order valence-electron chi connectivity index (χ3n) is 4.08. The molecule has 1 N–H and O–H groups in total. The van der Waals surface area contributed by atoms with Crippen molar-refractivity contribution in [2.24, 2.45) is 5.92 Å². The molecule has 1 unspecified atom stereocenters. The molecule has 1 heterocycles. The fourth-order valence-electron chi connectivity index (χ4n) is 2.71. The van der Waals surface area contributed by atoms with Crippen LogP contribution in [0.1, 0.15) is 18.4 Å². The van der Waals surface area contributed by atoms with Gasteiger partial charge < -0.3 is 9.84 Å². The zero-order valence-electron chi connectivity index (χ0n) is 13.0. The molecule has 1 aliphatic rings. The number of rotatable bonds is 6. The summed E-state index contributed by atoms with van der Waals surface area (Å²) >= 11 is 6.16. The SMILES string of the molecule is C=C(C1CC1)C(O)(Cn1cncn1)c1ccc(OC(F)(F)F)cc1Cl. The Kier molecular flexibility index (Phi) is 4.51. The van der Waals surface area contributed by atoms with Gasteiger partial charge in [0.2, 0.25) is 0 Å². The number of nitrogens with zero attached hydrogens (tertiary/aromatic N) is 3. The van der Waals surface area contributed by atoms with Crippen LogP contribution in [-0.2, 0) is 12.1 Å². The predicted octanol–water partition coefficient (Wildman–Crippen LogP) is 3.68. The van der Waals surface area contributed by atoms with E-state index in [4.69, 9.17) is 11.6 Å². The van der Waals surface area contributed by atoms with E-state index in [1.807, 2.05) is 0 Å². The van der Waals surface area contributed by atoms with Gasteiger partial charge in [-0.3, -0.25) is 0 Å². The number of aromatic nitrogens is 3. The number of aliphatic hydroxyl groups is 1. The summed E-state index contributed by atoms with van der Waals surface area (Å²) in [7, 11) is 0. The summed E-state index contributed by atoms with van der Waals surface area (Å²) < 4.78 is 42.3. The van der Waals surface area contributed by atoms with Gasteiger partial charge >= 0.3 is 6.36 Å². The van der Waals surface area contributed by atoms with Gasteiger partial charge in [0.05, 0.1) is 11.6 Å². The molecule has 1 atom stereocenters. The number of hydrogen-bond acceptors (Lipinski definition) is 4. The number of ether oxygens (including phenoxy) is 1. The van der Waals surface area contributed by atoms with Crippen molar-refractivity contribution in [3.05, 3.63) is 53.6 Å². The molecule has 1 saturated carbocycles. The smallest absolute Gasteiger partial charge is 0.406 e. The van der Waals surface area contributed by atoms with Gasteiger partial charge in [0.1, 0.15) is 24.0 Å². The second kappa shape index (κ2) is 6.34. The van der Waals surface area contributed by atoms with Crippen LogP contribution in [0.25, 0.3) is 0 Å². The van der Waals surface area contributed by atoms with Crippen molar-refractivity contribution in [1.29, 1.82) is 0 Å². The molecule has 1 aromatic heterocycles. The van der Waals surface area contributed by atoms with Crippen LogP contribution in [-0.4, -0.2) is 26.2 Å². The average molecular weight is 374 g/mol. The van der Waals surface area contributed by atoms with Crippen molar-refractivity contribution in [2.45, 2.75) is 31.3 Å². The van der Waals surface area contributed by atoms with Crippen LogP contribution in [0.5, 0.6) is 5.75 Å². The Labute approximate surface area is 146 Å². The van der Waals surface area contributed by atoms with E-state index in [1.165, 1.54) is 23.4 Å². The molecule has 25 heavy (non-hydrogen) atoms. The van der Waals surface area contributed by atoms with E-state index in [1.54, 1.807) is 0 Å². The standard InChI is InChI=1S/C16H15ClF3N3O2/c1-10(11-2-3-11)15(24,7-23-9-21-8-22-23)13-5-4-12(6-14(13)17)25-16(18,19)20/h4-6,8-9,11,24H,1-3,7H2. The Morgan fingerprint density at radius 3 is 2.64 bits per heavy atom. The van der Waals surface area contributed by atoms with Gasteiger partial charge in [-0.15, -0.1) is 13.2 Å². The van der Waals surface area contributed by atoms with E-state index in [-0.39, 0.29) is 23.0 Å². The molecular formula is C16H15ClF3N3O2. The van der Waals surface area contributed by atoms with Crippen LogP contribution < -0.4 is 4.74 Å². The maximum Gasteiger partial charge on any atom is 0.573 e. The molecule has 0 bridgehead atoms. The van der Waals surface area contributed by atoms with Gasteiger partial charge in [-0.25, -0.2) is 9.67 Å². The summed E-state index contributed by atoms with van der Waals surface area (Å²) in [6.07, 6.45) is -0.279. The van der Waals surface area contributed by atoms with Crippen molar-refractivity contribution in [1.82, 2.24) is 14.8 Å². The van der Waals surface area contributed by atoms with Crippen molar-refractivity contribution in [2.75, 3.05) is 0 Å². The highest BCUT2D eigenvalue weighted by atomic mass is 35.5. The molecule has 1 aliphatic carbocycles. The van der Waals surface area contributed by atoms with Gasteiger partial charge in [0, 0.05) is 5.56 Å². The molecule has 0 spiro atoms. The van der Waals surface area contributed by atoms with Crippen LogP contribution in [0, 0.1) is 5.92 Å². The van der Waals surface area contributed by atoms with E-state index in [9.17, 15) is 18.3 Å². The predicted molar refractivity (Wildman–Crippen MR) is 83.9 cm³/mol. The minimum Gasteiger partial charge on any atom is -0.406 e. The first-order valence-electron chi connectivity index (χ1n) is 7.49. The van der Waals surface area contributed by atoms with Crippen molar-refractivity contribution >= 4 is 11.6 Å². The molecule has 0 amide bonds. The molecular weight excluding hydrogens is 359 g/mol. The summed E-state index contributed by atoms with van der Waals surface area (Å²) in [5.74, 6) is -0.322. The minimum atomic E-state index is -4.82. The van der Waals surface area contributed by atoms with Crippen LogP contribution in [0.4, 0.5) is 13.2 Å². The molecule has 0 radical (unpaired) electrons. The van der Waals surface area contributed by atoms with E-state index >= 15 is 0 Å². The normalized spacial score (nSPS) is 17.2. The van der Waals surface area contributed by atoms with E-state index in [2.05, 4.69) is 21.4 Å². The molecule has 2 aromatic rings. The Morgan fingerprint density at radius 1 is 1.40 bits per heavy atom. The first-order chi connectivity index (χ1) is 11.7. The van der Waals surface area contributed by atoms with Crippen LogP contribution in [0.2, 0.25) is 5.02 Å². The number of halogens is 4.